The third-order valence-corrected chi connectivity index (χ3v) is 6.49. The topological polar surface area (TPSA) is 65.5 Å². The number of carbonyl (C=O) groups is 2. The van der Waals surface area contributed by atoms with Gasteiger partial charge in [0.25, 0.3) is 5.91 Å². The van der Waals surface area contributed by atoms with Crippen LogP contribution in [0.25, 0.3) is 9.88 Å². The largest absolute Gasteiger partial charge is 0.335 e. The second kappa shape index (κ2) is 8.81. The van der Waals surface area contributed by atoms with Crippen molar-refractivity contribution >= 4 is 40.2 Å². The van der Waals surface area contributed by atoms with Crippen molar-refractivity contribution in [2.75, 3.05) is 38.0 Å². The van der Waals surface area contributed by atoms with Crippen LogP contribution >= 0.6 is 22.7 Å². The molecule has 6 nitrogen and oxygen atoms in total. The Labute approximate surface area is 175 Å². The summed E-state index contributed by atoms with van der Waals surface area (Å²) in [7, 11) is 0. The van der Waals surface area contributed by atoms with Crippen LogP contribution in [0.5, 0.6) is 0 Å². The van der Waals surface area contributed by atoms with E-state index in [2.05, 4.69) is 10.3 Å². The van der Waals surface area contributed by atoms with E-state index in [4.69, 9.17) is 0 Å². The van der Waals surface area contributed by atoms with Gasteiger partial charge in [-0.15, -0.1) is 22.7 Å². The number of aromatic nitrogens is 1. The summed E-state index contributed by atoms with van der Waals surface area (Å²) in [5.74, 6) is -0.567. The van der Waals surface area contributed by atoms with Crippen molar-refractivity contribution in [3.63, 3.8) is 0 Å². The van der Waals surface area contributed by atoms with Crippen LogP contribution in [-0.2, 0) is 4.79 Å². The second-order valence-electron chi connectivity index (χ2n) is 6.64. The maximum Gasteiger partial charge on any atom is 0.273 e. The molecule has 1 aromatic carbocycles. The van der Waals surface area contributed by atoms with Crippen LogP contribution in [0, 0.1) is 5.82 Å². The number of rotatable bonds is 5. The van der Waals surface area contributed by atoms with Crippen LogP contribution in [0.1, 0.15) is 10.5 Å². The summed E-state index contributed by atoms with van der Waals surface area (Å²) in [5, 5.41) is 7.41. The fourth-order valence-electron chi connectivity index (χ4n) is 3.09. The van der Waals surface area contributed by atoms with Crippen molar-refractivity contribution in [1.29, 1.82) is 0 Å². The Bertz CT molecular complexity index is 980. The molecule has 0 bridgehead atoms. The number of piperazine rings is 1. The lowest BCUT2D eigenvalue weighted by Gasteiger charge is -2.33. The minimum absolute atomic E-state index is 0.0699. The molecule has 2 amide bonds. The van der Waals surface area contributed by atoms with Crippen LogP contribution in [0.15, 0.2) is 47.2 Å². The molecule has 0 spiro atoms. The van der Waals surface area contributed by atoms with Crippen LogP contribution in [-0.4, -0.2) is 59.3 Å². The average Bonchev–Trinajstić information content (AvgIpc) is 3.41. The molecule has 0 aliphatic carbocycles. The van der Waals surface area contributed by atoms with E-state index in [1.54, 1.807) is 21.6 Å². The molecule has 2 aromatic heterocycles. The van der Waals surface area contributed by atoms with Gasteiger partial charge in [0.05, 0.1) is 11.4 Å². The zero-order valence-corrected chi connectivity index (χ0v) is 17.1. The lowest BCUT2D eigenvalue weighted by molar-refractivity contribution is -0.117. The van der Waals surface area contributed by atoms with Crippen LogP contribution in [0.3, 0.4) is 0 Å². The summed E-state index contributed by atoms with van der Waals surface area (Å²) in [6.07, 6.45) is 0. The van der Waals surface area contributed by atoms with Gasteiger partial charge in [-0.05, 0) is 35.7 Å². The molecule has 1 aliphatic heterocycles. The third-order valence-electron chi connectivity index (χ3n) is 4.61. The molecule has 0 saturated carbocycles. The highest BCUT2D eigenvalue weighted by Gasteiger charge is 2.25. The van der Waals surface area contributed by atoms with Gasteiger partial charge in [-0.2, -0.15) is 0 Å². The number of hydrogen-bond acceptors (Lipinski definition) is 6. The highest BCUT2D eigenvalue weighted by Crippen LogP contribution is 2.28. The Morgan fingerprint density at radius 3 is 2.52 bits per heavy atom. The SMILES string of the molecule is O=C(CN1CCN(C(=O)c2csc(-c3cccs3)n2)CC1)Nc1ccc(F)cc1. The van der Waals surface area contributed by atoms with Crippen LogP contribution < -0.4 is 5.32 Å². The number of nitrogens with zero attached hydrogens (tertiary/aromatic N) is 3. The van der Waals surface area contributed by atoms with Gasteiger partial charge >= 0.3 is 0 Å². The summed E-state index contributed by atoms with van der Waals surface area (Å²) in [4.78, 5) is 34.2. The number of anilines is 1. The molecular weight excluding hydrogens is 411 g/mol. The molecule has 29 heavy (non-hydrogen) atoms. The second-order valence-corrected chi connectivity index (χ2v) is 8.44. The molecule has 4 rings (SSSR count). The van der Waals surface area contributed by atoms with Gasteiger partial charge in [-0.25, -0.2) is 9.37 Å². The fourth-order valence-corrected chi connectivity index (χ4v) is 4.70. The van der Waals surface area contributed by atoms with Crippen molar-refractivity contribution in [3.05, 3.63) is 58.7 Å². The minimum atomic E-state index is -0.341. The zero-order valence-electron chi connectivity index (χ0n) is 15.5. The average molecular weight is 431 g/mol. The van der Waals surface area contributed by atoms with Crippen molar-refractivity contribution in [1.82, 2.24) is 14.8 Å². The van der Waals surface area contributed by atoms with Gasteiger partial charge in [0.15, 0.2) is 0 Å². The highest BCUT2D eigenvalue weighted by atomic mass is 32.1. The normalized spacial score (nSPS) is 14.7. The summed E-state index contributed by atoms with van der Waals surface area (Å²) < 4.78 is 12.9. The Hall–Kier alpha value is -2.62. The van der Waals surface area contributed by atoms with E-state index in [9.17, 15) is 14.0 Å². The van der Waals surface area contributed by atoms with Gasteiger partial charge in [0.2, 0.25) is 5.91 Å². The van der Waals surface area contributed by atoms with Gasteiger partial charge in [0.1, 0.15) is 16.5 Å². The van der Waals surface area contributed by atoms with Gasteiger partial charge < -0.3 is 10.2 Å². The van der Waals surface area contributed by atoms with Gasteiger partial charge in [0, 0.05) is 37.2 Å². The maximum absolute atomic E-state index is 12.9. The molecular formula is C20H19FN4O2S2. The van der Waals surface area contributed by atoms with Crippen LogP contribution in [0.4, 0.5) is 10.1 Å². The first-order valence-corrected chi connectivity index (χ1v) is 10.9. The summed E-state index contributed by atoms with van der Waals surface area (Å²) in [5.41, 5.74) is 1.04. The summed E-state index contributed by atoms with van der Waals surface area (Å²) >= 11 is 3.08. The molecule has 150 valence electrons. The van der Waals surface area contributed by atoms with E-state index in [-0.39, 0.29) is 24.2 Å². The smallest absolute Gasteiger partial charge is 0.273 e. The number of thiazole rings is 1. The van der Waals surface area contributed by atoms with Gasteiger partial charge in [-0.1, -0.05) is 6.07 Å². The number of amides is 2. The quantitative estimate of drug-likeness (QED) is 0.674. The molecule has 0 radical (unpaired) electrons. The van der Waals surface area contributed by atoms with E-state index < -0.39 is 0 Å². The monoisotopic (exact) mass is 430 g/mol. The Kier molecular flexibility index (Phi) is 5.98. The third kappa shape index (κ3) is 4.87. The maximum atomic E-state index is 12.9. The van der Waals surface area contributed by atoms with Crippen LogP contribution in [0.2, 0.25) is 0 Å². The molecule has 0 unspecified atom stereocenters. The predicted molar refractivity (Wildman–Crippen MR) is 113 cm³/mol. The minimum Gasteiger partial charge on any atom is -0.335 e. The molecule has 9 heteroatoms. The number of benzene rings is 1. The Morgan fingerprint density at radius 2 is 1.83 bits per heavy atom. The predicted octanol–water partition coefficient (Wildman–Crippen LogP) is 3.41. The molecule has 3 aromatic rings. The molecule has 1 fully saturated rings. The van der Waals surface area contributed by atoms with E-state index in [0.717, 1.165) is 9.88 Å². The molecule has 0 atom stereocenters. The molecule has 1 N–H and O–H groups in total. The number of thiophene rings is 1. The zero-order chi connectivity index (χ0) is 20.2. The number of halogens is 1. The summed E-state index contributed by atoms with van der Waals surface area (Å²) in [6.45, 7) is 2.57. The first kappa shape index (κ1) is 19.7. The number of hydrogen-bond donors (Lipinski definition) is 1. The van der Waals surface area contributed by atoms with E-state index in [0.29, 0.717) is 37.6 Å². The van der Waals surface area contributed by atoms with Crippen molar-refractivity contribution in [2.24, 2.45) is 0 Å². The molecule has 1 aliphatic rings. The standard InChI is InChI=1S/C20H19FN4O2S2/c21-14-3-5-15(6-4-14)22-18(26)12-24-7-9-25(10-8-24)20(27)16-13-29-19(23-16)17-2-1-11-28-17/h1-6,11,13H,7-10,12H2,(H,22,26). The lowest BCUT2D eigenvalue weighted by atomic mass is 10.2. The highest BCUT2D eigenvalue weighted by molar-refractivity contribution is 7.20. The van der Waals surface area contributed by atoms with Gasteiger partial charge in [-0.3, -0.25) is 14.5 Å². The fraction of sp³-hybridized carbons (Fsp3) is 0.250. The van der Waals surface area contributed by atoms with Crippen molar-refractivity contribution < 1.29 is 14.0 Å². The Balaban J connectivity index is 1.27. The molecule has 1 saturated heterocycles. The lowest BCUT2D eigenvalue weighted by Crippen LogP contribution is -2.50. The number of carbonyl (C=O) groups excluding carboxylic acids is 2. The first-order chi connectivity index (χ1) is 14.1. The van der Waals surface area contributed by atoms with Crippen molar-refractivity contribution in [2.45, 2.75) is 0 Å². The number of nitrogens with one attached hydrogen (secondary N) is 1. The summed E-state index contributed by atoms with van der Waals surface area (Å²) in [6, 6.07) is 9.64. The molecule has 3 heterocycles. The van der Waals surface area contributed by atoms with E-state index >= 15 is 0 Å². The Morgan fingerprint density at radius 1 is 1.07 bits per heavy atom. The van der Waals surface area contributed by atoms with E-state index in [1.807, 2.05) is 22.4 Å². The van der Waals surface area contributed by atoms with Crippen molar-refractivity contribution in [3.8, 4) is 9.88 Å². The van der Waals surface area contributed by atoms with E-state index in [1.165, 1.54) is 35.6 Å². The first-order valence-electron chi connectivity index (χ1n) is 9.15.